The van der Waals surface area contributed by atoms with Crippen molar-refractivity contribution in [1.82, 2.24) is 15.2 Å². The molecule has 0 radical (unpaired) electrons. The second-order valence-electron chi connectivity index (χ2n) is 6.27. The Kier molecular flexibility index (Phi) is 5.09. The average Bonchev–Trinajstić information content (AvgIpc) is 2.57. The van der Waals surface area contributed by atoms with Gasteiger partial charge in [-0.05, 0) is 44.4 Å². The second kappa shape index (κ2) is 7.23. The van der Waals surface area contributed by atoms with Crippen LogP contribution < -0.4 is 10.2 Å². The van der Waals surface area contributed by atoms with Crippen molar-refractivity contribution in [1.29, 1.82) is 0 Å². The number of nitrogens with zero attached hydrogens (tertiary/aromatic N) is 3. The third kappa shape index (κ3) is 3.74. The minimum absolute atomic E-state index is 0.765. The van der Waals surface area contributed by atoms with E-state index in [1.165, 1.54) is 38.8 Å². The first-order valence-corrected chi connectivity index (χ1v) is 8.50. The highest BCUT2D eigenvalue weighted by molar-refractivity contribution is 5.38. The molecule has 0 amide bonds. The molecule has 0 unspecified atom stereocenters. The molecule has 0 spiro atoms. The summed E-state index contributed by atoms with van der Waals surface area (Å²) < 4.78 is 0. The van der Waals surface area contributed by atoms with E-state index >= 15 is 0 Å². The summed E-state index contributed by atoms with van der Waals surface area (Å²) in [6, 6.07) is 7.77. The summed E-state index contributed by atoms with van der Waals surface area (Å²) in [4.78, 5) is 9.60. The molecule has 1 aliphatic carbocycles. The number of pyridine rings is 1. The highest BCUT2D eigenvalue weighted by Gasteiger charge is 2.28. The maximum absolute atomic E-state index is 4.47. The van der Waals surface area contributed by atoms with Crippen LogP contribution in [0.3, 0.4) is 0 Å². The van der Waals surface area contributed by atoms with Gasteiger partial charge in [-0.15, -0.1) is 0 Å². The average molecular weight is 288 g/mol. The number of hydrogen-bond acceptors (Lipinski definition) is 4. The molecule has 1 aromatic rings. The van der Waals surface area contributed by atoms with Crippen LogP contribution in [0.2, 0.25) is 0 Å². The van der Waals surface area contributed by atoms with Crippen LogP contribution in [-0.2, 0) is 0 Å². The van der Waals surface area contributed by atoms with E-state index < -0.39 is 0 Å². The van der Waals surface area contributed by atoms with Gasteiger partial charge in [-0.3, -0.25) is 4.90 Å². The van der Waals surface area contributed by atoms with E-state index in [0.29, 0.717) is 0 Å². The lowest BCUT2D eigenvalue weighted by Crippen LogP contribution is -2.52. The molecule has 4 nitrogen and oxygen atoms in total. The van der Waals surface area contributed by atoms with E-state index in [-0.39, 0.29) is 0 Å². The zero-order chi connectivity index (χ0) is 14.5. The molecule has 2 heterocycles. The number of nitrogens with one attached hydrogen (secondary N) is 1. The SMILES string of the molecule is CCNC1CCC(N2CCN(c3ccccn3)CC2)CC1. The summed E-state index contributed by atoms with van der Waals surface area (Å²) in [6.45, 7) is 7.93. The van der Waals surface area contributed by atoms with Crippen LogP contribution in [0.1, 0.15) is 32.6 Å². The Bertz CT molecular complexity index is 406. The third-order valence-electron chi connectivity index (χ3n) is 4.99. The summed E-state index contributed by atoms with van der Waals surface area (Å²) in [5.74, 6) is 1.13. The van der Waals surface area contributed by atoms with Gasteiger partial charge in [0.2, 0.25) is 0 Å². The molecule has 0 bridgehead atoms. The van der Waals surface area contributed by atoms with Crippen LogP contribution in [0, 0.1) is 0 Å². The lowest BCUT2D eigenvalue weighted by atomic mass is 9.90. The molecule has 1 aliphatic heterocycles. The first kappa shape index (κ1) is 14.8. The van der Waals surface area contributed by atoms with E-state index in [0.717, 1.165) is 37.5 Å². The minimum atomic E-state index is 0.765. The van der Waals surface area contributed by atoms with E-state index in [1.807, 2.05) is 12.3 Å². The predicted octanol–water partition coefficient (Wildman–Crippen LogP) is 2.12. The zero-order valence-electron chi connectivity index (χ0n) is 13.2. The van der Waals surface area contributed by atoms with Gasteiger partial charge >= 0.3 is 0 Å². The Balaban J connectivity index is 1.46. The molecule has 21 heavy (non-hydrogen) atoms. The first-order valence-electron chi connectivity index (χ1n) is 8.50. The molecule has 1 saturated carbocycles. The molecule has 116 valence electrons. The molecule has 1 N–H and O–H groups in total. The number of aromatic nitrogens is 1. The quantitative estimate of drug-likeness (QED) is 0.919. The van der Waals surface area contributed by atoms with Crippen molar-refractivity contribution in [3.05, 3.63) is 24.4 Å². The maximum atomic E-state index is 4.47. The van der Waals surface area contributed by atoms with E-state index in [1.54, 1.807) is 0 Å². The molecule has 4 heteroatoms. The van der Waals surface area contributed by atoms with Gasteiger partial charge in [0.25, 0.3) is 0 Å². The minimum Gasteiger partial charge on any atom is -0.354 e. The van der Waals surface area contributed by atoms with Crippen molar-refractivity contribution in [3.8, 4) is 0 Å². The van der Waals surface area contributed by atoms with Crippen LogP contribution >= 0.6 is 0 Å². The van der Waals surface area contributed by atoms with Crippen LogP contribution in [-0.4, -0.2) is 54.7 Å². The smallest absolute Gasteiger partial charge is 0.128 e. The van der Waals surface area contributed by atoms with Crippen molar-refractivity contribution in [2.24, 2.45) is 0 Å². The highest BCUT2D eigenvalue weighted by atomic mass is 15.3. The van der Waals surface area contributed by atoms with Crippen molar-refractivity contribution < 1.29 is 0 Å². The van der Waals surface area contributed by atoms with Crippen LogP contribution in [0.4, 0.5) is 5.82 Å². The van der Waals surface area contributed by atoms with Gasteiger partial charge in [0.15, 0.2) is 0 Å². The molecule has 1 saturated heterocycles. The van der Waals surface area contributed by atoms with Gasteiger partial charge in [-0.25, -0.2) is 4.98 Å². The lowest BCUT2D eigenvalue weighted by Gasteiger charge is -2.42. The topological polar surface area (TPSA) is 31.4 Å². The third-order valence-corrected chi connectivity index (χ3v) is 4.99. The predicted molar refractivity (Wildman–Crippen MR) is 87.7 cm³/mol. The number of hydrogen-bond donors (Lipinski definition) is 1. The largest absolute Gasteiger partial charge is 0.354 e. The van der Waals surface area contributed by atoms with E-state index in [9.17, 15) is 0 Å². The number of rotatable bonds is 4. The van der Waals surface area contributed by atoms with Crippen molar-refractivity contribution in [3.63, 3.8) is 0 Å². The monoisotopic (exact) mass is 288 g/mol. The van der Waals surface area contributed by atoms with Crippen LogP contribution in [0.5, 0.6) is 0 Å². The second-order valence-corrected chi connectivity index (χ2v) is 6.27. The highest BCUT2D eigenvalue weighted by Crippen LogP contribution is 2.24. The molecule has 2 fully saturated rings. The Morgan fingerprint density at radius 1 is 1.10 bits per heavy atom. The van der Waals surface area contributed by atoms with Crippen molar-refractivity contribution >= 4 is 5.82 Å². The molecule has 0 aromatic carbocycles. The standard InChI is InChI=1S/C17H28N4/c1-2-18-15-6-8-16(9-7-15)20-11-13-21(14-12-20)17-5-3-4-10-19-17/h3-5,10,15-16,18H,2,6-9,11-14H2,1H3. The number of piperazine rings is 1. The fraction of sp³-hybridized carbons (Fsp3) is 0.706. The van der Waals surface area contributed by atoms with Crippen molar-refractivity contribution in [2.75, 3.05) is 37.6 Å². The zero-order valence-corrected chi connectivity index (χ0v) is 13.2. The van der Waals surface area contributed by atoms with Gasteiger partial charge in [-0.2, -0.15) is 0 Å². The Morgan fingerprint density at radius 3 is 2.48 bits per heavy atom. The Labute approximate surface area is 128 Å². The first-order chi connectivity index (χ1) is 10.4. The van der Waals surface area contributed by atoms with Gasteiger partial charge in [-0.1, -0.05) is 13.0 Å². The fourth-order valence-corrected chi connectivity index (χ4v) is 3.79. The summed E-state index contributed by atoms with van der Waals surface area (Å²) in [5.41, 5.74) is 0. The van der Waals surface area contributed by atoms with Gasteiger partial charge < -0.3 is 10.2 Å². The normalized spacial score (nSPS) is 27.8. The molecular formula is C17H28N4. The Morgan fingerprint density at radius 2 is 1.86 bits per heavy atom. The molecule has 1 aromatic heterocycles. The van der Waals surface area contributed by atoms with Gasteiger partial charge in [0.1, 0.15) is 5.82 Å². The van der Waals surface area contributed by atoms with E-state index in [4.69, 9.17) is 0 Å². The molecule has 2 aliphatic rings. The fourth-order valence-electron chi connectivity index (χ4n) is 3.79. The summed E-state index contributed by atoms with van der Waals surface area (Å²) in [6.07, 6.45) is 7.31. The Hall–Kier alpha value is -1.13. The summed E-state index contributed by atoms with van der Waals surface area (Å²) in [5, 5.41) is 3.60. The van der Waals surface area contributed by atoms with E-state index in [2.05, 4.69) is 39.2 Å². The maximum Gasteiger partial charge on any atom is 0.128 e. The van der Waals surface area contributed by atoms with Gasteiger partial charge in [0, 0.05) is 44.5 Å². The molecule has 0 atom stereocenters. The van der Waals surface area contributed by atoms with Crippen LogP contribution in [0.15, 0.2) is 24.4 Å². The van der Waals surface area contributed by atoms with Gasteiger partial charge in [0.05, 0.1) is 0 Å². The molecular weight excluding hydrogens is 260 g/mol. The van der Waals surface area contributed by atoms with Crippen LogP contribution in [0.25, 0.3) is 0 Å². The lowest BCUT2D eigenvalue weighted by molar-refractivity contribution is 0.136. The summed E-state index contributed by atoms with van der Waals surface area (Å²) in [7, 11) is 0. The number of anilines is 1. The summed E-state index contributed by atoms with van der Waals surface area (Å²) >= 11 is 0. The van der Waals surface area contributed by atoms with Crippen molar-refractivity contribution in [2.45, 2.75) is 44.7 Å². The molecule has 3 rings (SSSR count).